The van der Waals surface area contributed by atoms with Gasteiger partial charge in [-0.05, 0) is 78.1 Å². The van der Waals surface area contributed by atoms with Gasteiger partial charge in [-0.25, -0.2) is 0 Å². The number of fused-ring (bicyclic) bond motifs is 10. The molecule has 50 heavy (non-hydrogen) atoms. The van der Waals surface area contributed by atoms with Crippen molar-refractivity contribution >= 4 is 74.6 Å². The minimum atomic E-state index is -0.466. The van der Waals surface area contributed by atoms with E-state index < -0.39 is 11.8 Å². The molecule has 4 aromatic carbocycles. The van der Waals surface area contributed by atoms with E-state index >= 15 is 0 Å². The van der Waals surface area contributed by atoms with Crippen LogP contribution in [-0.4, -0.2) is 41.7 Å². The molecule has 1 saturated heterocycles. The molecule has 5 aromatic rings. The number of benzene rings is 4. The summed E-state index contributed by atoms with van der Waals surface area (Å²) in [7, 11) is 1.57. The number of H-pyrrole nitrogens is 1. The van der Waals surface area contributed by atoms with Crippen LogP contribution in [0.2, 0.25) is 5.02 Å². The topological polar surface area (TPSA) is 118 Å². The van der Waals surface area contributed by atoms with Gasteiger partial charge < -0.3 is 19.8 Å². The maximum atomic E-state index is 14.2. The number of ether oxygens (including phenoxy) is 2. The Hall–Kier alpha value is -4.58. The van der Waals surface area contributed by atoms with Crippen molar-refractivity contribution in [2.24, 2.45) is 29.6 Å². The third kappa shape index (κ3) is 4.89. The van der Waals surface area contributed by atoms with E-state index in [1.165, 1.54) is 4.90 Å². The molecular weight excluding hydrogens is 694 g/mol. The number of thioether (sulfide) groups is 1. The Labute approximate surface area is 299 Å². The number of amides is 3. The van der Waals surface area contributed by atoms with Crippen LogP contribution < -0.4 is 24.6 Å². The number of imide groups is 1. The molecule has 2 aliphatic carbocycles. The molecule has 2 N–H and O–H groups in total. The van der Waals surface area contributed by atoms with Gasteiger partial charge in [0.25, 0.3) is 5.91 Å². The van der Waals surface area contributed by atoms with Crippen LogP contribution >= 0.6 is 34.7 Å². The maximum Gasteiger partial charge on any atom is 0.305 e. The van der Waals surface area contributed by atoms with E-state index in [-0.39, 0.29) is 58.1 Å². The molecule has 0 spiro atoms. The van der Waals surface area contributed by atoms with Gasteiger partial charge in [-0.3, -0.25) is 24.1 Å². The van der Waals surface area contributed by atoms with Crippen molar-refractivity contribution in [3.05, 3.63) is 110 Å². The van der Waals surface area contributed by atoms with Gasteiger partial charge in [-0.15, -0.1) is 11.8 Å². The second-order valence-corrected chi connectivity index (χ2v) is 15.9. The molecule has 3 amide bonds. The zero-order valence-corrected chi connectivity index (χ0v) is 29.0. The third-order valence-electron chi connectivity index (χ3n) is 10.8. The summed E-state index contributed by atoms with van der Waals surface area (Å²) >= 11 is 9.40. The molecule has 2 aliphatic heterocycles. The molecule has 12 heteroatoms. The lowest BCUT2D eigenvalue weighted by Gasteiger charge is -2.43. The summed E-state index contributed by atoms with van der Waals surface area (Å²) in [5.41, 5.74) is 1.99. The molecule has 9 nitrogen and oxygen atoms in total. The minimum absolute atomic E-state index is 0.0157. The van der Waals surface area contributed by atoms with Gasteiger partial charge in [0, 0.05) is 37.7 Å². The summed E-state index contributed by atoms with van der Waals surface area (Å²) in [6.07, 6.45) is 0.742. The number of aromatic amines is 1. The van der Waals surface area contributed by atoms with Gasteiger partial charge in [0.15, 0.2) is 6.61 Å². The van der Waals surface area contributed by atoms with Gasteiger partial charge >= 0.3 is 4.87 Å². The molecule has 0 radical (unpaired) electrons. The van der Waals surface area contributed by atoms with Crippen molar-refractivity contribution in [3.8, 4) is 11.5 Å². The molecule has 252 valence electrons. The summed E-state index contributed by atoms with van der Waals surface area (Å²) in [6, 6.07) is 25.9. The van der Waals surface area contributed by atoms with Crippen molar-refractivity contribution in [2.45, 2.75) is 22.6 Å². The SMILES string of the molecule is COc1ccc(N2C(=O)C3C(C2=O)[C@@H]2C[C@H]3C3Sc4[nH]c(=O)sc4[C@H](c4cc(Cl)ccc4OCC(=O)Nc4cccc5ccccc45)C32)cc1. The number of nitrogens with zero attached hydrogens (tertiary/aromatic N) is 1. The summed E-state index contributed by atoms with van der Waals surface area (Å²) in [6.45, 7) is -0.246. The third-order valence-corrected chi connectivity index (χ3v) is 13.6. The number of nitrogens with one attached hydrogen (secondary N) is 2. The average molecular weight is 724 g/mol. The van der Waals surface area contributed by atoms with Crippen LogP contribution in [-0.2, 0) is 14.4 Å². The van der Waals surface area contributed by atoms with E-state index in [0.717, 1.165) is 44.0 Å². The zero-order valence-electron chi connectivity index (χ0n) is 26.6. The van der Waals surface area contributed by atoms with Gasteiger partial charge in [0.2, 0.25) is 11.8 Å². The van der Waals surface area contributed by atoms with Crippen LogP contribution in [0.15, 0.2) is 94.7 Å². The van der Waals surface area contributed by atoms with E-state index in [2.05, 4.69) is 10.3 Å². The molecule has 7 atom stereocenters. The number of methoxy groups -OCH3 is 1. The van der Waals surface area contributed by atoms with E-state index in [4.69, 9.17) is 21.1 Å². The van der Waals surface area contributed by atoms with Crippen molar-refractivity contribution < 1.29 is 23.9 Å². The van der Waals surface area contributed by atoms with Crippen molar-refractivity contribution in [1.82, 2.24) is 4.98 Å². The first-order chi connectivity index (χ1) is 24.3. The number of carbonyl (C=O) groups excluding carboxylic acids is 3. The smallest absolute Gasteiger partial charge is 0.305 e. The average Bonchev–Trinajstić information content (AvgIpc) is 3.86. The quantitative estimate of drug-likeness (QED) is 0.175. The Bertz CT molecular complexity index is 2270. The molecule has 3 fully saturated rings. The van der Waals surface area contributed by atoms with Gasteiger partial charge in [-0.1, -0.05) is 59.3 Å². The molecule has 1 aromatic heterocycles. The number of rotatable bonds is 7. The number of hydrogen-bond acceptors (Lipinski definition) is 8. The number of halogens is 1. The summed E-state index contributed by atoms with van der Waals surface area (Å²) in [4.78, 5) is 59.3. The van der Waals surface area contributed by atoms with Crippen LogP contribution in [0.3, 0.4) is 0 Å². The number of hydrogen-bond donors (Lipinski definition) is 2. The second-order valence-electron chi connectivity index (χ2n) is 13.2. The van der Waals surface area contributed by atoms with E-state index in [1.54, 1.807) is 55.3 Å². The molecule has 4 unspecified atom stereocenters. The lowest BCUT2D eigenvalue weighted by molar-refractivity contribution is -0.123. The lowest BCUT2D eigenvalue weighted by atomic mass is 9.68. The van der Waals surface area contributed by atoms with Gasteiger partial charge in [-0.2, -0.15) is 0 Å². The fraction of sp³-hybridized carbons (Fsp3) is 0.263. The first kappa shape index (κ1) is 31.4. The Morgan fingerprint density at radius 1 is 0.960 bits per heavy atom. The Morgan fingerprint density at radius 2 is 1.72 bits per heavy atom. The van der Waals surface area contributed by atoms with Crippen LogP contribution in [0.1, 0.15) is 22.8 Å². The first-order valence-corrected chi connectivity index (χ1v) is 18.5. The maximum absolute atomic E-state index is 14.2. The van der Waals surface area contributed by atoms with Crippen LogP contribution in [0, 0.1) is 29.6 Å². The Kier molecular flexibility index (Phi) is 7.56. The summed E-state index contributed by atoms with van der Waals surface area (Å²) in [5.74, 6) is -0.970. The summed E-state index contributed by atoms with van der Waals surface area (Å²) in [5, 5.41) is 6.18. The summed E-state index contributed by atoms with van der Waals surface area (Å²) < 4.78 is 11.5. The number of carbonyl (C=O) groups is 3. The molecular formula is C38H30ClN3O6S2. The molecule has 4 aliphatic rings. The fourth-order valence-electron chi connectivity index (χ4n) is 8.91. The van der Waals surface area contributed by atoms with Crippen LogP contribution in [0.5, 0.6) is 11.5 Å². The highest BCUT2D eigenvalue weighted by atomic mass is 35.5. The predicted octanol–water partition coefficient (Wildman–Crippen LogP) is 6.95. The monoisotopic (exact) mass is 723 g/mol. The second kappa shape index (κ2) is 12.0. The Morgan fingerprint density at radius 3 is 2.52 bits per heavy atom. The zero-order chi connectivity index (χ0) is 34.3. The standard InChI is InChI=1S/C38H30ClN3O6S2/c1-47-21-12-10-20(11-13-21)42-36(44)31-24-16-25(32(31)37(42)45)33-30(24)29(34-35(49-33)41-38(46)50-34)23-15-19(39)9-14-27(23)48-17-28(43)40-26-8-4-6-18-5-2-3-7-22(18)26/h2-15,24-25,29-33H,16-17H2,1H3,(H,40,43)(H,41,46)/t24-,25-,29-,30?,31?,32?,33?/m1/s1. The number of thiazole rings is 1. The fourth-order valence-corrected chi connectivity index (χ4v) is 12.0. The van der Waals surface area contributed by atoms with E-state index in [9.17, 15) is 19.2 Å². The molecule has 2 bridgehead atoms. The minimum Gasteiger partial charge on any atom is -0.497 e. The van der Waals surface area contributed by atoms with Crippen LogP contribution in [0.4, 0.5) is 11.4 Å². The van der Waals surface area contributed by atoms with E-state index in [0.29, 0.717) is 27.9 Å². The highest BCUT2D eigenvalue weighted by molar-refractivity contribution is 8.00. The highest BCUT2D eigenvalue weighted by Gasteiger charge is 2.70. The highest BCUT2D eigenvalue weighted by Crippen LogP contribution is 2.69. The first-order valence-electron chi connectivity index (χ1n) is 16.4. The lowest BCUT2D eigenvalue weighted by Crippen LogP contribution is -2.42. The van der Waals surface area contributed by atoms with Crippen molar-refractivity contribution in [3.63, 3.8) is 0 Å². The van der Waals surface area contributed by atoms with Crippen LogP contribution in [0.25, 0.3) is 10.8 Å². The van der Waals surface area contributed by atoms with Crippen molar-refractivity contribution in [2.75, 3.05) is 23.9 Å². The largest absolute Gasteiger partial charge is 0.497 e. The van der Waals surface area contributed by atoms with Gasteiger partial charge in [0.05, 0.1) is 29.7 Å². The van der Waals surface area contributed by atoms with Crippen molar-refractivity contribution in [1.29, 1.82) is 0 Å². The van der Waals surface area contributed by atoms with E-state index in [1.807, 2.05) is 48.5 Å². The molecule has 9 rings (SSSR count). The Balaban J connectivity index is 1.04. The molecule has 3 heterocycles. The number of aromatic nitrogens is 1. The normalized spacial score (nSPS) is 26.1. The van der Waals surface area contributed by atoms with Gasteiger partial charge in [0.1, 0.15) is 11.5 Å². The predicted molar refractivity (Wildman–Crippen MR) is 194 cm³/mol. The number of anilines is 2. The molecule has 2 saturated carbocycles.